The summed E-state index contributed by atoms with van der Waals surface area (Å²) in [6.45, 7) is -1.04. The van der Waals surface area contributed by atoms with E-state index >= 15 is 0 Å². The summed E-state index contributed by atoms with van der Waals surface area (Å²) >= 11 is 0. The van der Waals surface area contributed by atoms with Crippen molar-refractivity contribution >= 4 is 12.0 Å². The Bertz CT molecular complexity index is 599. The molecule has 0 aliphatic carbocycles. The third-order valence-corrected chi connectivity index (χ3v) is 3.83. The molecule has 144 valence electrons. The van der Waals surface area contributed by atoms with Gasteiger partial charge in [-0.05, 0) is 5.56 Å². The van der Waals surface area contributed by atoms with E-state index in [2.05, 4.69) is 10.6 Å². The van der Waals surface area contributed by atoms with Crippen LogP contribution in [0.3, 0.4) is 0 Å². The molecule has 0 aromatic heterocycles. The van der Waals surface area contributed by atoms with Gasteiger partial charge in [-0.3, -0.25) is 4.79 Å². The smallest absolute Gasteiger partial charge is 0.407 e. The topological polar surface area (TPSA) is 158 Å². The number of aliphatic hydroxyl groups excluding tert-OH is 4. The van der Waals surface area contributed by atoms with Gasteiger partial charge in [0.05, 0.1) is 6.61 Å². The Morgan fingerprint density at radius 3 is 2.46 bits per heavy atom. The average molecular weight is 370 g/mol. The molecule has 10 nitrogen and oxygen atoms in total. The first-order valence-electron chi connectivity index (χ1n) is 7.96. The highest BCUT2D eigenvalue weighted by Gasteiger charge is 2.44. The molecular formula is C16H22N2O8. The van der Waals surface area contributed by atoms with E-state index in [1.54, 1.807) is 24.3 Å². The molecular weight excluding hydrogens is 348 g/mol. The molecule has 26 heavy (non-hydrogen) atoms. The van der Waals surface area contributed by atoms with E-state index < -0.39 is 55.8 Å². The first kappa shape index (κ1) is 20.1. The molecule has 1 saturated heterocycles. The number of carbonyl (C=O) groups excluding carboxylic acids is 2. The average Bonchev–Trinajstić information content (AvgIpc) is 2.65. The Morgan fingerprint density at radius 2 is 1.81 bits per heavy atom. The molecule has 2 amide bonds. The van der Waals surface area contributed by atoms with E-state index in [1.165, 1.54) is 0 Å². The normalized spacial score (nSPS) is 28.2. The molecule has 1 fully saturated rings. The van der Waals surface area contributed by atoms with Gasteiger partial charge in [0.1, 0.15) is 37.5 Å². The number of benzene rings is 1. The molecule has 0 bridgehead atoms. The van der Waals surface area contributed by atoms with E-state index in [9.17, 15) is 24.9 Å². The molecule has 0 radical (unpaired) electrons. The lowest BCUT2D eigenvalue weighted by molar-refractivity contribution is -0.253. The third kappa shape index (κ3) is 5.38. The Morgan fingerprint density at radius 1 is 1.12 bits per heavy atom. The summed E-state index contributed by atoms with van der Waals surface area (Å²) in [5, 5.41) is 42.9. The highest BCUT2D eigenvalue weighted by atomic mass is 16.6. The van der Waals surface area contributed by atoms with Crippen molar-refractivity contribution in [3.63, 3.8) is 0 Å². The predicted octanol–water partition coefficient (Wildman–Crippen LogP) is -2.17. The van der Waals surface area contributed by atoms with Gasteiger partial charge in [0.15, 0.2) is 6.29 Å². The maximum Gasteiger partial charge on any atom is 0.407 e. The number of amides is 2. The third-order valence-electron chi connectivity index (χ3n) is 3.83. The maximum absolute atomic E-state index is 11.8. The van der Waals surface area contributed by atoms with Crippen LogP contribution in [0.5, 0.6) is 0 Å². The van der Waals surface area contributed by atoms with Gasteiger partial charge in [-0.25, -0.2) is 4.79 Å². The Kier molecular flexibility index (Phi) is 7.30. The largest absolute Gasteiger partial charge is 0.445 e. The van der Waals surface area contributed by atoms with E-state index in [0.717, 1.165) is 5.56 Å². The molecule has 0 spiro atoms. The number of carbonyl (C=O) groups is 2. The molecule has 1 heterocycles. The highest BCUT2D eigenvalue weighted by molar-refractivity contribution is 5.82. The molecule has 1 aromatic rings. The number of aliphatic hydroxyl groups is 4. The fourth-order valence-electron chi connectivity index (χ4n) is 2.42. The molecule has 1 aromatic carbocycles. The van der Waals surface area contributed by atoms with Crippen molar-refractivity contribution in [1.29, 1.82) is 0 Å². The number of hydrogen-bond donors (Lipinski definition) is 6. The number of nitrogens with one attached hydrogen (secondary N) is 2. The maximum atomic E-state index is 11.8. The minimum atomic E-state index is -1.63. The van der Waals surface area contributed by atoms with Crippen molar-refractivity contribution < 1.29 is 39.5 Å². The van der Waals surface area contributed by atoms with Gasteiger partial charge in [0, 0.05) is 0 Å². The predicted molar refractivity (Wildman–Crippen MR) is 86.5 cm³/mol. The van der Waals surface area contributed by atoms with E-state index in [1.807, 2.05) is 6.07 Å². The van der Waals surface area contributed by atoms with Gasteiger partial charge >= 0.3 is 6.09 Å². The quantitative estimate of drug-likeness (QED) is 0.330. The second kappa shape index (κ2) is 9.46. The van der Waals surface area contributed by atoms with Crippen LogP contribution in [0.1, 0.15) is 5.56 Å². The first-order chi connectivity index (χ1) is 12.4. The van der Waals surface area contributed by atoms with Crippen LogP contribution >= 0.6 is 0 Å². The molecule has 2 rings (SSSR count). The SMILES string of the molecule is O=C(CNC(=O)OCc1ccccc1)NC1C(O)[C@H](O)C(CO)O[C@H]1O. The summed E-state index contributed by atoms with van der Waals surface area (Å²) in [6.07, 6.45) is -6.65. The Balaban J connectivity index is 1.75. The standard InChI is InChI=1S/C16H22N2O8/c19-7-10-13(21)14(22)12(15(23)26-10)18-11(20)6-17-16(24)25-8-9-4-2-1-3-5-9/h1-5,10,12-15,19,21-23H,6-8H2,(H,17,24)(H,18,20)/t10?,12?,13-,14?,15-/m1/s1. The van der Waals surface area contributed by atoms with Crippen LogP contribution in [0.4, 0.5) is 4.79 Å². The van der Waals surface area contributed by atoms with Gasteiger partial charge in [-0.2, -0.15) is 0 Å². The Hall–Kier alpha value is -2.24. The van der Waals surface area contributed by atoms with Gasteiger partial charge in [0.25, 0.3) is 0 Å². The summed E-state index contributed by atoms with van der Waals surface area (Å²) in [6, 6.07) is 7.65. The van der Waals surface area contributed by atoms with Crippen LogP contribution in [0.25, 0.3) is 0 Å². The van der Waals surface area contributed by atoms with Crippen molar-refractivity contribution in [2.24, 2.45) is 0 Å². The van der Waals surface area contributed by atoms with Gasteiger partial charge in [-0.1, -0.05) is 30.3 Å². The fourth-order valence-corrected chi connectivity index (χ4v) is 2.42. The highest BCUT2D eigenvalue weighted by Crippen LogP contribution is 2.19. The summed E-state index contributed by atoms with van der Waals surface area (Å²) in [4.78, 5) is 23.4. The Labute approximate surface area is 149 Å². The lowest BCUT2D eigenvalue weighted by atomic mass is 9.97. The van der Waals surface area contributed by atoms with Crippen LogP contribution in [-0.4, -0.2) is 76.2 Å². The van der Waals surface area contributed by atoms with Crippen molar-refractivity contribution in [3.8, 4) is 0 Å². The van der Waals surface area contributed by atoms with Crippen molar-refractivity contribution in [1.82, 2.24) is 10.6 Å². The molecule has 0 saturated carbocycles. The molecule has 3 unspecified atom stereocenters. The number of rotatable bonds is 6. The summed E-state index contributed by atoms with van der Waals surface area (Å²) in [5.41, 5.74) is 0.783. The summed E-state index contributed by atoms with van der Waals surface area (Å²) in [5.74, 6) is -0.733. The second-order valence-corrected chi connectivity index (χ2v) is 5.74. The monoisotopic (exact) mass is 370 g/mol. The molecule has 1 aliphatic rings. The zero-order valence-corrected chi connectivity index (χ0v) is 13.8. The lowest BCUT2D eigenvalue weighted by Gasteiger charge is -2.40. The van der Waals surface area contributed by atoms with E-state index in [-0.39, 0.29) is 6.61 Å². The van der Waals surface area contributed by atoms with E-state index in [4.69, 9.17) is 14.6 Å². The molecule has 10 heteroatoms. The van der Waals surface area contributed by atoms with E-state index in [0.29, 0.717) is 0 Å². The van der Waals surface area contributed by atoms with Crippen LogP contribution in [0.2, 0.25) is 0 Å². The minimum absolute atomic E-state index is 0.0386. The van der Waals surface area contributed by atoms with Gasteiger partial charge in [0.2, 0.25) is 5.91 Å². The molecule has 5 atom stereocenters. The first-order valence-corrected chi connectivity index (χ1v) is 7.96. The molecule has 1 aliphatic heterocycles. The van der Waals surface area contributed by atoms with Crippen LogP contribution in [0, 0.1) is 0 Å². The number of alkyl carbamates (subject to hydrolysis) is 1. The minimum Gasteiger partial charge on any atom is -0.445 e. The summed E-state index contributed by atoms with van der Waals surface area (Å²) < 4.78 is 9.85. The second-order valence-electron chi connectivity index (χ2n) is 5.74. The molecule has 6 N–H and O–H groups in total. The lowest BCUT2D eigenvalue weighted by Crippen LogP contribution is -2.64. The fraction of sp³-hybridized carbons (Fsp3) is 0.500. The van der Waals surface area contributed by atoms with Crippen LogP contribution in [0.15, 0.2) is 30.3 Å². The number of hydrogen-bond acceptors (Lipinski definition) is 8. The zero-order chi connectivity index (χ0) is 19.1. The van der Waals surface area contributed by atoms with Crippen LogP contribution in [-0.2, 0) is 20.9 Å². The summed E-state index contributed by atoms with van der Waals surface area (Å²) in [7, 11) is 0. The zero-order valence-electron chi connectivity index (χ0n) is 13.8. The van der Waals surface area contributed by atoms with Crippen LogP contribution < -0.4 is 10.6 Å². The number of ether oxygens (including phenoxy) is 2. The van der Waals surface area contributed by atoms with Gasteiger partial charge < -0.3 is 40.5 Å². The van der Waals surface area contributed by atoms with Crippen molar-refractivity contribution in [3.05, 3.63) is 35.9 Å². The van der Waals surface area contributed by atoms with Crippen molar-refractivity contribution in [2.75, 3.05) is 13.2 Å². The van der Waals surface area contributed by atoms with Gasteiger partial charge in [-0.15, -0.1) is 0 Å². The van der Waals surface area contributed by atoms with Crippen molar-refractivity contribution in [2.45, 2.75) is 37.3 Å².